The summed E-state index contributed by atoms with van der Waals surface area (Å²) < 4.78 is 13.0. The zero-order valence-corrected chi connectivity index (χ0v) is 15.6. The minimum Gasteiger partial charge on any atom is -0.383 e. The predicted molar refractivity (Wildman–Crippen MR) is 103 cm³/mol. The quantitative estimate of drug-likeness (QED) is 0.713. The van der Waals surface area contributed by atoms with Crippen molar-refractivity contribution in [3.63, 3.8) is 0 Å². The third kappa shape index (κ3) is 3.81. The number of methoxy groups -OCH3 is 1. The lowest BCUT2D eigenvalue weighted by molar-refractivity contribution is -0.138. The van der Waals surface area contributed by atoms with Crippen molar-refractivity contribution < 1.29 is 14.3 Å². The summed E-state index contributed by atoms with van der Waals surface area (Å²) in [6.07, 6.45) is -0.443. The number of nitrogens with zero attached hydrogens (tertiary/aromatic N) is 3. The van der Waals surface area contributed by atoms with Crippen molar-refractivity contribution in [1.82, 2.24) is 20.1 Å². The van der Waals surface area contributed by atoms with Crippen LogP contribution in [0.3, 0.4) is 0 Å². The fraction of sp³-hybridized carbons (Fsp3) is 0.286. The lowest BCUT2D eigenvalue weighted by atomic mass is 9.99. The van der Waals surface area contributed by atoms with Gasteiger partial charge in [-0.05, 0) is 5.56 Å². The van der Waals surface area contributed by atoms with Crippen LogP contribution in [0.15, 0.2) is 60.7 Å². The van der Waals surface area contributed by atoms with E-state index in [0.717, 1.165) is 11.1 Å². The van der Waals surface area contributed by atoms with Crippen LogP contribution in [-0.2, 0) is 20.8 Å². The molecule has 28 heavy (non-hydrogen) atoms. The monoisotopic (exact) mass is 378 g/mol. The van der Waals surface area contributed by atoms with E-state index in [4.69, 9.17) is 14.5 Å². The first kappa shape index (κ1) is 18.3. The van der Waals surface area contributed by atoms with Crippen LogP contribution in [-0.4, -0.2) is 41.0 Å². The molecule has 7 heteroatoms. The van der Waals surface area contributed by atoms with Gasteiger partial charge in [0.25, 0.3) is 0 Å². The molecule has 4 rings (SSSR count). The maximum absolute atomic E-state index is 12.0. The summed E-state index contributed by atoms with van der Waals surface area (Å²) >= 11 is 0. The Morgan fingerprint density at radius 1 is 1.14 bits per heavy atom. The van der Waals surface area contributed by atoms with Crippen molar-refractivity contribution in [3.8, 4) is 11.4 Å². The van der Waals surface area contributed by atoms with Crippen LogP contribution in [0.4, 0.5) is 0 Å². The molecule has 1 fully saturated rings. The molecule has 1 saturated heterocycles. The molecule has 3 aromatic rings. The molecule has 0 bridgehead atoms. The second kappa shape index (κ2) is 8.33. The Kier molecular flexibility index (Phi) is 5.45. The lowest BCUT2D eigenvalue weighted by Gasteiger charge is -2.32. The van der Waals surface area contributed by atoms with E-state index in [1.165, 1.54) is 0 Å². The number of benzene rings is 2. The standard InChI is InChI=1S/C21H22N4O3/c1-27-13-12-25-21(23-20(24-25)16-10-6-3-7-11-16)19-18(22-17(26)14-28-19)15-8-4-2-5-9-15/h2-11,18-19H,12-14H2,1H3,(H,22,26)/t18-,19+/m1/s1. The second-order valence-corrected chi connectivity index (χ2v) is 6.56. The molecule has 2 aromatic carbocycles. The number of carbonyl (C=O) groups excluding carboxylic acids is 1. The zero-order valence-electron chi connectivity index (χ0n) is 15.6. The van der Waals surface area contributed by atoms with Gasteiger partial charge in [0.15, 0.2) is 11.6 Å². The van der Waals surface area contributed by atoms with Crippen LogP contribution in [0.5, 0.6) is 0 Å². The van der Waals surface area contributed by atoms with Crippen LogP contribution < -0.4 is 5.32 Å². The Bertz CT molecular complexity index is 927. The van der Waals surface area contributed by atoms with E-state index >= 15 is 0 Å². The molecule has 0 saturated carbocycles. The molecule has 1 amide bonds. The molecule has 144 valence electrons. The molecule has 7 nitrogen and oxygen atoms in total. The molecule has 1 aromatic heterocycles. The van der Waals surface area contributed by atoms with E-state index < -0.39 is 6.10 Å². The lowest BCUT2D eigenvalue weighted by Crippen LogP contribution is -2.42. The zero-order chi connectivity index (χ0) is 19.3. The molecule has 0 unspecified atom stereocenters. The van der Waals surface area contributed by atoms with Crippen molar-refractivity contribution in [2.24, 2.45) is 0 Å². The number of hydrogen-bond donors (Lipinski definition) is 1. The van der Waals surface area contributed by atoms with Gasteiger partial charge in [-0.3, -0.25) is 4.79 Å². The van der Waals surface area contributed by atoms with Crippen molar-refractivity contribution in [2.45, 2.75) is 18.7 Å². The molecule has 0 spiro atoms. The van der Waals surface area contributed by atoms with Gasteiger partial charge in [-0.1, -0.05) is 60.7 Å². The number of nitrogens with one attached hydrogen (secondary N) is 1. The number of rotatable bonds is 6. The highest BCUT2D eigenvalue weighted by Gasteiger charge is 2.35. The summed E-state index contributed by atoms with van der Waals surface area (Å²) in [5, 5.41) is 7.71. The number of carbonyl (C=O) groups is 1. The second-order valence-electron chi connectivity index (χ2n) is 6.56. The fourth-order valence-electron chi connectivity index (χ4n) is 3.31. The minimum atomic E-state index is -0.443. The van der Waals surface area contributed by atoms with E-state index in [-0.39, 0.29) is 18.6 Å². The third-order valence-electron chi connectivity index (χ3n) is 4.67. The summed E-state index contributed by atoms with van der Waals surface area (Å²) in [6.45, 7) is 1.03. The first-order chi connectivity index (χ1) is 13.8. The van der Waals surface area contributed by atoms with Gasteiger partial charge < -0.3 is 14.8 Å². The molecule has 1 aliphatic rings. The largest absolute Gasteiger partial charge is 0.383 e. The summed E-state index contributed by atoms with van der Waals surface area (Å²) in [5.74, 6) is 1.15. The fourth-order valence-corrected chi connectivity index (χ4v) is 3.31. The van der Waals surface area contributed by atoms with E-state index in [9.17, 15) is 4.79 Å². The highest BCUT2D eigenvalue weighted by atomic mass is 16.5. The normalized spacial score (nSPS) is 19.4. The first-order valence-electron chi connectivity index (χ1n) is 9.21. The van der Waals surface area contributed by atoms with Gasteiger partial charge in [-0.15, -0.1) is 0 Å². The molecular formula is C21H22N4O3. The van der Waals surface area contributed by atoms with Crippen molar-refractivity contribution in [1.29, 1.82) is 0 Å². The van der Waals surface area contributed by atoms with Gasteiger partial charge in [0.1, 0.15) is 12.7 Å². The van der Waals surface area contributed by atoms with Gasteiger partial charge in [0.2, 0.25) is 5.91 Å². The van der Waals surface area contributed by atoms with E-state index in [1.54, 1.807) is 7.11 Å². The average Bonchev–Trinajstić information content (AvgIpc) is 3.17. The predicted octanol–water partition coefficient (Wildman–Crippen LogP) is 2.52. The van der Waals surface area contributed by atoms with Gasteiger partial charge >= 0.3 is 0 Å². The molecule has 1 N–H and O–H groups in total. The number of morpholine rings is 1. The number of hydrogen-bond acceptors (Lipinski definition) is 5. The van der Waals surface area contributed by atoms with Crippen molar-refractivity contribution in [2.75, 3.05) is 20.3 Å². The average molecular weight is 378 g/mol. The molecule has 2 atom stereocenters. The van der Waals surface area contributed by atoms with Crippen molar-refractivity contribution in [3.05, 3.63) is 72.1 Å². The van der Waals surface area contributed by atoms with Crippen LogP contribution in [0, 0.1) is 0 Å². The van der Waals surface area contributed by atoms with Gasteiger partial charge in [0, 0.05) is 12.7 Å². The molecule has 0 aliphatic carbocycles. The van der Waals surface area contributed by atoms with Crippen LogP contribution in [0.2, 0.25) is 0 Å². The highest BCUT2D eigenvalue weighted by molar-refractivity contribution is 5.78. The van der Waals surface area contributed by atoms with E-state index in [0.29, 0.717) is 24.8 Å². The Labute approximate surface area is 163 Å². The summed E-state index contributed by atoms with van der Waals surface area (Å²) in [6, 6.07) is 19.2. The van der Waals surface area contributed by atoms with Crippen LogP contribution in [0.25, 0.3) is 11.4 Å². The number of amides is 1. The Hall–Kier alpha value is -3.03. The van der Waals surface area contributed by atoms with Crippen molar-refractivity contribution >= 4 is 5.91 Å². The third-order valence-corrected chi connectivity index (χ3v) is 4.67. The van der Waals surface area contributed by atoms with E-state index in [2.05, 4.69) is 10.4 Å². The van der Waals surface area contributed by atoms with Crippen LogP contribution in [0.1, 0.15) is 23.5 Å². The van der Waals surface area contributed by atoms with E-state index in [1.807, 2.05) is 65.3 Å². The Morgan fingerprint density at radius 3 is 2.57 bits per heavy atom. The summed E-state index contributed by atoms with van der Waals surface area (Å²) in [7, 11) is 1.65. The SMILES string of the molecule is COCCn1nc(-c2ccccc2)nc1[C@H]1OCC(=O)N[C@@H]1c1ccccc1. The molecular weight excluding hydrogens is 356 g/mol. The summed E-state index contributed by atoms with van der Waals surface area (Å²) in [4.78, 5) is 16.8. The minimum absolute atomic E-state index is 0.00813. The Morgan fingerprint density at radius 2 is 1.86 bits per heavy atom. The number of ether oxygens (including phenoxy) is 2. The first-order valence-corrected chi connectivity index (χ1v) is 9.21. The molecule has 0 radical (unpaired) electrons. The van der Waals surface area contributed by atoms with Crippen LogP contribution >= 0.6 is 0 Å². The maximum atomic E-state index is 12.0. The van der Waals surface area contributed by atoms with Gasteiger partial charge in [-0.2, -0.15) is 5.10 Å². The smallest absolute Gasteiger partial charge is 0.246 e. The molecule has 2 heterocycles. The Balaban J connectivity index is 1.74. The topological polar surface area (TPSA) is 78.3 Å². The van der Waals surface area contributed by atoms with Gasteiger partial charge in [0.05, 0.1) is 19.2 Å². The molecule has 1 aliphatic heterocycles. The highest BCUT2D eigenvalue weighted by Crippen LogP contribution is 2.34. The number of aromatic nitrogens is 3. The summed E-state index contributed by atoms with van der Waals surface area (Å²) in [5.41, 5.74) is 1.89. The van der Waals surface area contributed by atoms with Gasteiger partial charge in [-0.25, -0.2) is 9.67 Å². The maximum Gasteiger partial charge on any atom is 0.246 e.